The number of halogens is 5. The van der Waals surface area contributed by atoms with E-state index in [9.17, 15) is 13.2 Å². The monoisotopic (exact) mass is 303 g/mol. The average molecular weight is 305 g/mol. The van der Waals surface area contributed by atoms with Gasteiger partial charge in [0.2, 0.25) is 6.43 Å². The molecule has 0 fully saturated rings. The minimum atomic E-state index is -2.48. The van der Waals surface area contributed by atoms with E-state index in [1.54, 1.807) is 0 Å². The fourth-order valence-electron chi connectivity index (χ4n) is 1.07. The van der Waals surface area contributed by atoms with Crippen LogP contribution in [0.2, 0.25) is 0 Å². The predicted octanol–water partition coefficient (Wildman–Crippen LogP) is 3.67. The lowest BCUT2D eigenvalue weighted by atomic mass is 10.1. The summed E-state index contributed by atoms with van der Waals surface area (Å²) in [4.78, 5) is 0. The van der Waals surface area contributed by atoms with Gasteiger partial charge in [0, 0.05) is 12.5 Å². The standard InChI is InChI=1S/C9H9BrF3N.ClH/c10-6-2-1-5(3-7(6)11)8(14)4-9(12)13;/h1-3,8-9H,4,14H2;1H/t8-;/m1./s1. The molecule has 1 aromatic rings. The highest BCUT2D eigenvalue weighted by molar-refractivity contribution is 9.10. The van der Waals surface area contributed by atoms with Crippen LogP contribution in [0.15, 0.2) is 22.7 Å². The van der Waals surface area contributed by atoms with Gasteiger partial charge in [-0.1, -0.05) is 6.07 Å². The van der Waals surface area contributed by atoms with Crippen molar-refractivity contribution in [3.8, 4) is 0 Å². The van der Waals surface area contributed by atoms with Crippen LogP contribution in [0.1, 0.15) is 18.0 Å². The summed E-state index contributed by atoms with van der Waals surface area (Å²) in [5.41, 5.74) is 5.83. The number of hydrogen-bond donors (Lipinski definition) is 1. The number of rotatable bonds is 3. The van der Waals surface area contributed by atoms with E-state index in [0.717, 1.165) is 6.07 Å². The highest BCUT2D eigenvalue weighted by atomic mass is 79.9. The van der Waals surface area contributed by atoms with Crippen LogP contribution in [-0.4, -0.2) is 6.43 Å². The Morgan fingerprint density at radius 2 is 1.93 bits per heavy atom. The van der Waals surface area contributed by atoms with Crippen LogP contribution in [0.5, 0.6) is 0 Å². The first-order valence-electron chi connectivity index (χ1n) is 3.99. The van der Waals surface area contributed by atoms with Gasteiger partial charge < -0.3 is 5.73 Å². The lowest BCUT2D eigenvalue weighted by Crippen LogP contribution is -2.14. The summed E-state index contributed by atoms with van der Waals surface area (Å²) < 4.78 is 37.2. The molecule has 1 atom stereocenters. The molecule has 0 spiro atoms. The Hall–Kier alpha value is -0.260. The molecule has 1 rings (SSSR count). The van der Waals surface area contributed by atoms with Crippen molar-refractivity contribution in [1.82, 2.24) is 0 Å². The SMILES string of the molecule is Cl.N[C@H](CC(F)F)c1ccc(Br)c(F)c1. The van der Waals surface area contributed by atoms with Crippen molar-refractivity contribution in [1.29, 1.82) is 0 Å². The van der Waals surface area contributed by atoms with E-state index in [2.05, 4.69) is 15.9 Å². The molecule has 1 nitrogen and oxygen atoms in total. The molecule has 15 heavy (non-hydrogen) atoms. The lowest BCUT2D eigenvalue weighted by Gasteiger charge is -2.11. The quantitative estimate of drug-likeness (QED) is 0.906. The third-order valence-corrected chi connectivity index (χ3v) is 2.45. The first-order valence-corrected chi connectivity index (χ1v) is 4.78. The van der Waals surface area contributed by atoms with Crippen molar-refractivity contribution in [2.24, 2.45) is 5.73 Å². The predicted molar refractivity (Wildman–Crippen MR) is 58.9 cm³/mol. The molecule has 0 saturated carbocycles. The van der Waals surface area contributed by atoms with Crippen LogP contribution in [0.4, 0.5) is 13.2 Å². The summed E-state index contributed by atoms with van der Waals surface area (Å²) >= 11 is 2.97. The zero-order chi connectivity index (χ0) is 10.7. The van der Waals surface area contributed by atoms with Crippen molar-refractivity contribution >= 4 is 28.3 Å². The van der Waals surface area contributed by atoms with Crippen LogP contribution < -0.4 is 5.73 Å². The lowest BCUT2D eigenvalue weighted by molar-refractivity contribution is 0.128. The number of alkyl halides is 2. The van der Waals surface area contributed by atoms with Crippen molar-refractivity contribution in [3.05, 3.63) is 34.1 Å². The van der Waals surface area contributed by atoms with E-state index >= 15 is 0 Å². The van der Waals surface area contributed by atoms with Gasteiger partial charge in [0.1, 0.15) is 5.82 Å². The maximum Gasteiger partial charge on any atom is 0.240 e. The Morgan fingerprint density at radius 3 is 2.40 bits per heavy atom. The van der Waals surface area contributed by atoms with Gasteiger partial charge >= 0.3 is 0 Å². The third kappa shape index (κ3) is 4.40. The summed E-state index contributed by atoms with van der Waals surface area (Å²) in [6.07, 6.45) is -2.93. The summed E-state index contributed by atoms with van der Waals surface area (Å²) in [5, 5.41) is 0. The normalized spacial score (nSPS) is 12.4. The van der Waals surface area contributed by atoms with E-state index in [4.69, 9.17) is 5.73 Å². The molecule has 0 bridgehead atoms. The second kappa shape index (κ2) is 6.35. The molecule has 1 aromatic carbocycles. The van der Waals surface area contributed by atoms with E-state index in [-0.39, 0.29) is 12.4 Å². The molecule has 2 N–H and O–H groups in total. The van der Waals surface area contributed by atoms with Gasteiger partial charge in [0.25, 0.3) is 0 Å². The Morgan fingerprint density at radius 1 is 1.33 bits per heavy atom. The minimum absolute atomic E-state index is 0. The molecule has 6 heteroatoms. The van der Waals surface area contributed by atoms with Crippen LogP contribution in [0.3, 0.4) is 0 Å². The van der Waals surface area contributed by atoms with Crippen molar-refractivity contribution in [3.63, 3.8) is 0 Å². The molecular weight excluding hydrogens is 294 g/mol. The topological polar surface area (TPSA) is 26.0 Å². The summed E-state index contributed by atoms with van der Waals surface area (Å²) in [6.45, 7) is 0. The molecule has 0 saturated heterocycles. The van der Waals surface area contributed by atoms with Crippen LogP contribution in [0, 0.1) is 5.82 Å². The molecule has 0 heterocycles. The van der Waals surface area contributed by atoms with E-state index in [0.29, 0.717) is 10.0 Å². The van der Waals surface area contributed by atoms with Crippen LogP contribution >= 0.6 is 28.3 Å². The Labute approximate surface area is 100 Å². The third-order valence-electron chi connectivity index (χ3n) is 1.80. The molecule has 0 amide bonds. The number of benzene rings is 1. The maximum absolute atomic E-state index is 13.0. The minimum Gasteiger partial charge on any atom is -0.324 e. The number of nitrogens with two attached hydrogens (primary N) is 1. The second-order valence-electron chi connectivity index (χ2n) is 2.91. The van der Waals surface area contributed by atoms with Gasteiger partial charge in [-0.05, 0) is 33.6 Å². The van der Waals surface area contributed by atoms with E-state index < -0.39 is 24.7 Å². The van der Waals surface area contributed by atoms with E-state index in [1.165, 1.54) is 12.1 Å². The van der Waals surface area contributed by atoms with Crippen molar-refractivity contribution in [2.75, 3.05) is 0 Å². The van der Waals surface area contributed by atoms with E-state index in [1.807, 2.05) is 0 Å². The molecule has 0 aromatic heterocycles. The second-order valence-corrected chi connectivity index (χ2v) is 3.76. The Kier molecular flexibility index (Phi) is 6.24. The Balaban J connectivity index is 0.00000196. The van der Waals surface area contributed by atoms with Gasteiger partial charge in [-0.3, -0.25) is 0 Å². The van der Waals surface area contributed by atoms with Gasteiger partial charge in [-0.2, -0.15) is 0 Å². The van der Waals surface area contributed by atoms with Gasteiger partial charge in [-0.15, -0.1) is 12.4 Å². The first kappa shape index (κ1) is 14.7. The molecule has 0 radical (unpaired) electrons. The molecular formula is C9H10BrClF3N. The van der Waals surface area contributed by atoms with Crippen molar-refractivity contribution < 1.29 is 13.2 Å². The van der Waals surface area contributed by atoms with Crippen LogP contribution in [-0.2, 0) is 0 Å². The molecule has 0 aliphatic carbocycles. The highest BCUT2D eigenvalue weighted by Gasteiger charge is 2.13. The molecule has 86 valence electrons. The summed E-state index contributed by atoms with van der Waals surface area (Å²) in [6, 6.07) is 3.32. The highest BCUT2D eigenvalue weighted by Crippen LogP contribution is 2.22. The fourth-order valence-corrected chi connectivity index (χ4v) is 1.32. The van der Waals surface area contributed by atoms with Gasteiger partial charge in [0.15, 0.2) is 0 Å². The average Bonchev–Trinajstić information content (AvgIpc) is 2.08. The fraction of sp³-hybridized carbons (Fsp3) is 0.333. The maximum atomic E-state index is 13.0. The summed E-state index contributed by atoms with van der Waals surface area (Å²) in [7, 11) is 0. The zero-order valence-corrected chi connectivity index (χ0v) is 9.99. The number of hydrogen-bond acceptors (Lipinski definition) is 1. The zero-order valence-electron chi connectivity index (χ0n) is 7.59. The van der Waals surface area contributed by atoms with Crippen molar-refractivity contribution in [2.45, 2.75) is 18.9 Å². The van der Waals surface area contributed by atoms with Gasteiger partial charge in [-0.25, -0.2) is 13.2 Å². The summed E-state index contributed by atoms with van der Waals surface area (Å²) in [5.74, 6) is -0.493. The molecule has 0 aliphatic heterocycles. The molecule has 0 unspecified atom stereocenters. The largest absolute Gasteiger partial charge is 0.324 e. The first-order chi connectivity index (χ1) is 6.50. The van der Waals surface area contributed by atoms with Gasteiger partial charge in [0.05, 0.1) is 4.47 Å². The molecule has 0 aliphatic rings. The smallest absolute Gasteiger partial charge is 0.240 e. The van der Waals surface area contributed by atoms with Crippen LogP contribution in [0.25, 0.3) is 0 Å². The Bertz CT molecular complexity index is 322.